The predicted molar refractivity (Wildman–Crippen MR) is 47.1 cm³/mol. The van der Waals surface area contributed by atoms with Crippen molar-refractivity contribution >= 4 is 5.97 Å². The van der Waals surface area contributed by atoms with Gasteiger partial charge in [0.2, 0.25) is 0 Å². The minimum absolute atomic E-state index is 0.129. The molecular formula is C9H16FNO2. The molecule has 0 aromatic heterocycles. The Hall–Kier alpha value is -0.640. The zero-order valence-corrected chi connectivity index (χ0v) is 8.32. The zero-order chi connectivity index (χ0) is 10.1. The number of alkyl halides is 1. The summed E-state index contributed by atoms with van der Waals surface area (Å²) in [6, 6.07) is 0. The van der Waals surface area contributed by atoms with Crippen LogP contribution in [-0.4, -0.2) is 31.3 Å². The Morgan fingerprint density at radius 3 is 2.38 bits per heavy atom. The molecule has 1 saturated heterocycles. The Morgan fingerprint density at radius 1 is 1.54 bits per heavy atom. The fourth-order valence-corrected chi connectivity index (χ4v) is 0.910. The lowest BCUT2D eigenvalue weighted by atomic mass is 9.97. The van der Waals surface area contributed by atoms with E-state index >= 15 is 0 Å². The van der Waals surface area contributed by atoms with Crippen LogP contribution in [0, 0.1) is 5.41 Å². The maximum Gasteiger partial charge on any atom is 0.311 e. The predicted octanol–water partition coefficient (Wildman–Crippen LogP) is 0.887. The summed E-state index contributed by atoms with van der Waals surface area (Å²) >= 11 is 0. The molecule has 1 heterocycles. The molecule has 4 heteroatoms. The van der Waals surface area contributed by atoms with Crippen LogP contribution in [0.5, 0.6) is 0 Å². The summed E-state index contributed by atoms with van der Waals surface area (Å²) in [5.41, 5.74) is -1.88. The number of esters is 1. The largest absolute Gasteiger partial charge is 0.462 e. The van der Waals surface area contributed by atoms with Crippen LogP contribution >= 0.6 is 0 Å². The lowest BCUT2D eigenvalue weighted by molar-refractivity contribution is -0.158. The van der Waals surface area contributed by atoms with Crippen molar-refractivity contribution in [2.24, 2.45) is 5.41 Å². The molecule has 0 spiro atoms. The zero-order valence-electron chi connectivity index (χ0n) is 8.32. The third-order valence-corrected chi connectivity index (χ3v) is 1.96. The van der Waals surface area contributed by atoms with Crippen molar-refractivity contribution in [3.8, 4) is 0 Å². The first-order valence-corrected chi connectivity index (χ1v) is 4.40. The van der Waals surface area contributed by atoms with Gasteiger partial charge < -0.3 is 10.1 Å². The van der Waals surface area contributed by atoms with Gasteiger partial charge in [0, 0.05) is 13.1 Å². The SMILES string of the molecule is CC(C)(C)C(=O)OCC1(F)CNC1. The van der Waals surface area contributed by atoms with Gasteiger partial charge in [-0.3, -0.25) is 4.79 Å². The number of rotatable bonds is 2. The normalized spacial score (nSPS) is 20.6. The van der Waals surface area contributed by atoms with E-state index < -0.39 is 11.1 Å². The van der Waals surface area contributed by atoms with E-state index in [4.69, 9.17) is 4.74 Å². The summed E-state index contributed by atoms with van der Waals surface area (Å²) in [5.74, 6) is -0.351. The van der Waals surface area contributed by atoms with Gasteiger partial charge in [-0.05, 0) is 20.8 Å². The maximum absolute atomic E-state index is 13.3. The van der Waals surface area contributed by atoms with E-state index in [2.05, 4.69) is 5.32 Å². The van der Waals surface area contributed by atoms with Gasteiger partial charge in [-0.2, -0.15) is 0 Å². The molecule has 0 atom stereocenters. The summed E-state index contributed by atoms with van der Waals surface area (Å²) in [5, 5.41) is 2.80. The van der Waals surface area contributed by atoms with E-state index in [9.17, 15) is 9.18 Å². The molecule has 1 aliphatic heterocycles. The second-order valence-electron chi connectivity index (χ2n) is 4.58. The maximum atomic E-state index is 13.3. The van der Waals surface area contributed by atoms with Crippen molar-refractivity contribution in [1.29, 1.82) is 0 Å². The fourth-order valence-electron chi connectivity index (χ4n) is 0.910. The Kier molecular flexibility index (Phi) is 2.61. The molecular weight excluding hydrogens is 173 g/mol. The molecule has 0 amide bonds. The van der Waals surface area contributed by atoms with Gasteiger partial charge in [0.1, 0.15) is 6.61 Å². The van der Waals surface area contributed by atoms with Gasteiger partial charge in [-0.25, -0.2) is 4.39 Å². The van der Waals surface area contributed by atoms with E-state index in [0.29, 0.717) is 0 Å². The van der Waals surface area contributed by atoms with E-state index in [1.165, 1.54) is 0 Å². The lowest BCUT2D eigenvalue weighted by Gasteiger charge is -2.34. The summed E-state index contributed by atoms with van der Waals surface area (Å²) in [7, 11) is 0. The highest BCUT2D eigenvalue weighted by Crippen LogP contribution is 2.20. The summed E-state index contributed by atoms with van der Waals surface area (Å²) in [6.45, 7) is 5.68. The van der Waals surface area contributed by atoms with Gasteiger partial charge in [-0.1, -0.05) is 0 Å². The minimum Gasteiger partial charge on any atom is -0.462 e. The Morgan fingerprint density at radius 2 is 2.08 bits per heavy atom. The van der Waals surface area contributed by atoms with Gasteiger partial charge in [-0.15, -0.1) is 0 Å². The van der Waals surface area contributed by atoms with Crippen molar-refractivity contribution in [3.63, 3.8) is 0 Å². The molecule has 0 aromatic rings. The van der Waals surface area contributed by atoms with Crippen LogP contribution in [0.2, 0.25) is 0 Å². The highest BCUT2D eigenvalue weighted by Gasteiger charge is 2.39. The summed E-state index contributed by atoms with van der Waals surface area (Å²) < 4.78 is 18.2. The number of carbonyl (C=O) groups is 1. The van der Waals surface area contributed by atoms with Crippen LogP contribution in [-0.2, 0) is 9.53 Å². The highest BCUT2D eigenvalue weighted by molar-refractivity contribution is 5.75. The first kappa shape index (κ1) is 10.4. The summed E-state index contributed by atoms with van der Waals surface area (Å²) in [4.78, 5) is 11.2. The molecule has 0 bridgehead atoms. The molecule has 13 heavy (non-hydrogen) atoms. The number of ether oxygens (including phenoxy) is 1. The average molecular weight is 189 g/mol. The van der Waals surface area contributed by atoms with Crippen LogP contribution in [0.1, 0.15) is 20.8 Å². The Balaban J connectivity index is 2.30. The lowest BCUT2D eigenvalue weighted by Crippen LogP contribution is -2.59. The number of hydrogen-bond donors (Lipinski definition) is 1. The number of nitrogens with one attached hydrogen (secondary N) is 1. The van der Waals surface area contributed by atoms with Gasteiger partial charge in [0.15, 0.2) is 5.67 Å². The third-order valence-electron chi connectivity index (χ3n) is 1.96. The highest BCUT2D eigenvalue weighted by atomic mass is 19.1. The fraction of sp³-hybridized carbons (Fsp3) is 0.889. The molecule has 1 N–H and O–H groups in total. The van der Waals surface area contributed by atoms with E-state index in [-0.39, 0.29) is 25.7 Å². The topological polar surface area (TPSA) is 38.3 Å². The van der Waals surface area contributed by atoms with Crippen molar-refractivity contribution in [2.45, 2.75) is 26.4 Å². The molecule has 1 fully saturated rings. The van der Waals surface area contributed by atoms with E-state index in [0.717, 1.165) is 0 Å². The van der Waals surface area contributed by atoms with Crippen molar-refractivity contribution < 1.29 is 13.9 Å². The Labute approximate surface area is 77.6 Å². The van der Waals surface area contributed by atoms with Crippen molar-refractivity contribution in [1.82, 2.24) is 5.32 Å². The number of halogens is 1. The second kappa shape index (κ2) is 3.25. The monoisotopic (exact) mass is 189 g/mol. The minimum atomic E-state index is -1.33. The smallest absolute Gasteiger partial charge is 0.311 e. The number of hydrogen-bond acceptors (Lipinski definition) is 3. The average Bonchev–Trinajstić information content (AvgIpc) is 1.94. The van der Waals surface area contributed by atoms with Crippen molar-refractivity contribution in [2.75, 3.05) is 19.7 Å². The molecule has 0 aliphatic carbocycles. The molecule has 76 valence electrons. The Bertz CT molecular complexity index is 206. The molecule has 1 rings (SSSR count). The quantitative estimate of drug-likeness (QED) is 0.655. The third kappa shape index (κ3) is 2.66. The molecule has 1 aliphatic rings. The van der Waals surface area contributed by atoms with Crippen LogP contribution < -0.4 is 5.32 Å². The molecule has 0 saturated carbocycles. The van der Waals surface area contributed by atoms with Crippen LogP contribution in [0.4, 0.5) is 4.39 Å². The van der Waals surface area contributed by atoms with Crippen LogP contribution in [0.3, 0.4) is 0 Å². The molecule has 3 nitrogen and oxygen atoms in total. The molecule has 0 radical (unpaired) electrons. The van der Waals surface area contributed by atoms with Gasteiger partial charge >= 0.3 is 5.97 Å². The molecule has 0 unspecified atom stereocenters. The van der Waals surface area contributed by atoms with Crippen LogP contribution in [0.25, 0.3) is 0 Å². The second-order valence-corrected chi connectivity index (χ2v) is 4.58. The van der Waals surface area contributed by atoms with Gasteiger partial charge in [0.25, 0.3) is 0 Å². The van der Waals surface area contributed by atoms with Gasteiger partial charge in [0.05, 0.1) is 5.41 Å². The summed E-state index contributed by atoms with van der Waals surface area (Å²) in [6.07, 6.45) is 0. The first-order valence-electron chi connectivity index (χ1n) is 4.40. The van der Waals surface area contributed by atoms with E-state index in [1.807, 2.05) is 0 Å². The van der Waals surface area contributed by atoms with Crippen LogP contribution in [0.15, 0.2) is 0 Å². The number of carbonyl (C=O) groups excluding carboxylic acids is 1. The van der Waals surface area contributed by atoms with Crippen molar-refractivity contribution in [3.05, 3.63) is 0 Å². The molecule has 0 aromatic carbocycles. The van der Waals surface area contributed by atoms with E-state index in [1.54, 1.807) is 20.8 Å². The first-order chi connectivity index (χ1) is 5.83. The standard InChI is InChI=1S/C9H16FNO2/c1-8(2,3)7(12)13-6-9(10)4-11-5-9/h11H,4-6H2,1-3H3.